The summed E-state index contributed by atoms with van der Waals surface area (Å²) in [7, 11) is 0. The van der Waals surface area contributed by atoms with E-state index in [9.17, 15) is 24.6 Å². The third-order valence-electron chi connectivity index (χ3n) is 9.38. The van der Waals surface area contributed by atoms with E-state index in [1.807, 2.05) is 19.9 Å². The van der Waals surface area contributed by atoms with E-state index in [1.165, 1.54) is 0 Å². The maximum atomic E-state index is 13.3. The highest BCUT2D eigenvalue weighted by atomic mass is 79.9. The number of carbonyl (C=O) groups is 3. The summed E-state index contributed by atoms with van der Waals surface area (Å²) in [6.07, 6.45) is 7.95. The van der Waals surface area contributed by atoms with Gasteiger partial charge in [-0.1, -0.05) is 48.4 Å². The third-order valence-corrected chi connectivity index (χ3v) is 9.94. The first kappa shape index (κ1) is 24.8. The van der Waals surface area contributed by atoms with Gasteiger partial charge in [-0.2, -0.15) is 0 Å². The molecule has 0 spiro atoms. The predicted octanol–water partition coefficient (Wildman–Crippen LogP) is 3.53. The zero-order valence-corrected chi connectivity index (χ0v) is 21.3. The number of aliphatic hydroxyl groups excluding tert-OH is 2. The molecule has 6 nitrogen and oxygen atoms in total. The van der Waals surface area contributed by atoms with E-state index in [0.717, 1.165) is 18.4 Å². The fraction of sp³-hybridized carbons (Fsp3) is 0.731. The van der Waals surface area contributed by atoms with Crippen LogP contribution in [0, 0.1) is 34.5 Å². The number of Topliss-reactive ketones (excluding diaryl/α,β-unsaturated/α-hetero) is 1. The summed E-state index contributed by atoms with van der Waals surface area (Å²) in [5.74, 6) is -1.07. The number of rotatable bonds is 6. The van der Waals surface area contributed by atoms with E-state index >= 15 is 0 Å². The SMILES string of the molecule is CC1CC2C3CCC4=CC(=O)C=CC4(C)C3C(O)CC2(C)[C@@]1(OC(=O)CCCBr)C(=O)CO. The average Bonchev–Trinajstić information content (AvgIpc) is 2.99. The molecule has 0 bridgehead atoms. The Kier molecular flexibility index (Phi) is 6.56. The van der Waals surface area contributed by atoms with E-state index in [1.54, 1.807) is 12.2 Å². The zero-order valence-electron chi connectivity index (χ0n) is 19.7. The quantitative estimate of drug-likeness (QED) is 0.408. The molecule has 2 N–H and O–H groups in total. The lowest BCUT2D eigenvalue weighted by Crippen LogP contribution is -2.64. The minimum absolute atomic E-state index is 0.00602. The molecule has 3 fully saturated rings. The van der Waals surface area contributed by atoms with Crippen molar-refractivity contribution in [3.05, 3.63) is 23.8 Å². The molecular weight excluding hydrogens is 488 g/mol. The average molecular weight is 523 g/mol. The molecule has 0 heterocycles. The highest BCUT2D eigenvalue weighted by Gasteiger charge is 2.72. The summed E-state index contributed by atoms with van der Waals surface area (Å²) in [4.78, 5) is 38.1. The van der Waals surface area contributed by atoms with E-state index in [-0.39, 0.29) is 35.9 Å². The molecule has 0 aliphatic heterocycles. The normalized spacial score (nSPS) is 43.9. The number of fused-ring (bicyclic) bond motifs is 5. The number of ether oxygens (including phenoxy) is 1. The maximum absolute atomic E-state index is 13.3. The van der Waals surface area contributed by atoms with Crippen LogP contribution < -0.4 is 0 Å². The molecule has 4 aliphatic carbocycles. The third kappa shape index (κ3) is 3.52. The van der Waals surface area contributed by atoms with E-state index in [2.05, 4.69) is 22.9 Å². The summed E-state index contributed by atoms with van der Waals surface area (Å²) in [5.41, 5.74) is -1.55. The van der Waals surface area contributed by atoms with Crippen molar-refractivity contribution in [2.75, 3.05) is 11.9 Å². The Hall–Kier alpha value is -1.31. The molecule has 4 aliphatic rings. The summed E-state index contributed by atoms with van der Waals surface area (Å²) < 4.78 is 6.06. The second kappa shape index (κ2) is 8.72. The molecule has 182 valence electrons. The van der Waals surface area contributed by atoms with Gasteiger partial charge in [-0.25, -0.2) is 0 Å². The highest BCUT2D eigenvalue weighted by Crippen LogP contribution is 2.69. The van der Waals surface area contributed by atoms with Gasteiger partial charge < -0.3 is 14.9 Å². The first-order valence-corrected chi connectivity index (χ1v) is 13.2. The van der Waals surface area contributed by atoms with Crippen molar-refractivity contribution < 1.29 is 29.3 Å². The topological polar surface area (TPSA) is 101 Å². The first-order chi connectivity index (χ1) is 15.5. The van der Waals surface area contributed by atoms with Crippen LogP contribution in [0.4, 0.5) is 0 Å². The fourth-order valence-corrected chi connectivity index (χ4v) is 8.35. The van der Waals surface area contributed by atoms with Crippen LogP contribution in [-0.4, -0.2) is 51.4 Å². The lowest BCUT2D eigenvalue weighted by atomic mass is 9.46. The van der Waals surface area contributed by atoms with Gasteiger partial charge >= 0.3 is 5.97 Å². The van der Waals surface area contributed by atoms with Crippen LogP contribution in [0.2, 0.25) is 0 Å². The molecule has 7 heteroatoms. The molecule has 0 radical (unpaired) electrons. The minimum atomic E-state index is -1.45. The van der Waals surface area contributed by atoms with Crippen LogP contribution in [-0.2, 0) is 19.1 Å². The number of allylic oxidation sites excluding steroid dienone is 4. The van der Waals surface area contributed by atoms with Crippen molar-refractivity contribution in [2.24, 2.45) is 34.5 Å². The van der Waals surface area contributed by atoms with Crippen LogP contribution in [0.5, 0.6) is 0 Å². The smallest absolute Gasteiger partial charge is 0.306 e. The molecule has 8 atom stereocenters. The number of hydrogen-bond acceptors (Lipinski definition) is 6. The Balaban J connectivity index is 1.75. The van der Waals surface area contributed by atoms with Gasteiger partial charge in [0.15, 0.2) is 11.4 Å². The standard InChI is InChI=1S/C26H35BrO6/c1-15-11-19-18-7-6-16-12-17(29)8-9-24(16,2)23(18)20(30)13-25(19,3)26(15,21(31)14-28)33-22(32)5-4-10-27/h8-9,12,15,18-20,23,28,30H,4-7,10-11,13-14H2,1-3H3/t15?,18?,19?,20?,23?,24?,25?,26-/m0/s1. The van der Waals surface area contributed by atoms with Crippen molar-refractivity contribution in [2.45, 2.75) is 71.0 Å². The van der Waals surface area contributed by atoms with Gasteiger partial charge in [0.25, 0.3) is 0 Å². The van der Waals surface area contributed by atoms with Crippen LogP contribution in [0.1, 0.15) is 59.3 Å². The Morgan fingerprint density at radius 1 is 1.30 bits per heavy atom. The van der Waals surface area contributed by atoms with Gasteiger partial charge in [0.1, 0.15) is 6.61 Å². The van der Waals surface area contributed by atoms with Gasteiger partial charge in [-0.05, 0) is 56.1 Å². The van der Waals surface area contributed by atoms with Gasteiger partial charge in [0, 0.05) is 34.4 Å². The van der Waals surface area contributed by atoms with Gasteiger partial charge in [-0.15, -0.1) is 0 Å². The predicted molar refractivity (Wildman–Crippen MR) is 126 cm³/mol. The molecular formula is C26H35BrO6. The molecule has 7 unspecified atom stereocenters. The molecule has 33 heavy (non-hydrogen) atoms. The summed E-state index contributed by atoms with van der Waals surface area (Å²) in [6, 6.07) is 0. The number of ketones is 2. The lowest BCUT2D eigenvalue weighted by molar-refractivity contribution is -0.205. The van der Waals surface area contributed by atoms with Crippen molar-refractivity contribution in [1.29, 1.82) is 0 Å². The molecule has 0 saturated heterocycles. The Bertz CT molecular complexity index is 910. The van der Waals surface area contributed by atoms with Crippen molar-refractivity contribution in [3.63, 3.8) is 0 Å². The molecule has 0 aromatic carbocycles. The van der Waals surface area contributed by atoms with Crippen LogP contribution >= 0.6 is 15.9 Å². The Morgan fingerprint density at radius 3 is 2.70 bits per heavy atom. The molecule has 0 aromatic heterocycles. The molecule has 0 aromatic rings. The van der Waals surface area contributed by atoms with Crippen molar-refractivity contribution in [1.82, 2.24) is 0 Å². The monoisotopic (exact) mass is 522 g/mol. The van der Waals surface area contributed by atoms with E-state index in [4.69, 9.17) is 4.74 Å². The van der Waals surface area contributed by atoms with Gasteiger partial charge in [0.2, 0.25) is 5.78 Å². The lowest BCUT2D eigenvalue weighted by Gasteiger charge is -2.60. The minimum Gasteiger partial charge on any atom is -0.450 e. The highest BCUT2D eigenvalue weighted by molar-refractivity contribution is 9.09. The first-order valence-electron chi connectivity index (χ1n) is 12.1. The van der Waals surface area contributed by atoms with E-state index < -0.39 is 40.9 Å². The largest absolute Gasteiger partial charge is 0.450 e. The van der Waals surface area contributed by atoms with E-state index in [0.29, 0.717) is 24.6 Å². The number of carbonyl (C=O) groups excluding carboxylic acids is 3. The summed E-state index contributed by atoms with van der Waals surface area (Å²) in [5, 5.41) is 22.2. The Morgan fingerprint density at radius 2 is 2.03 bits per heavy atom. The van der Waals surface area contributed by atoms with Gasteiger partial charge in [0.05, 0.1) is 6.10 Å². The fourth-order valence-electron chi connectivity index (χ4n) is 8.07. The number of hydrogen-bond donors (Lipinski definition) is 2. The second-order valence-electron chi connectivity index (χ2n) is 10.9. The number of alkyl halides is 1. The van der Waals surface area contributed by atoms with Crippen molar-refractivity contribution >= 4 is 33.5 Å². The molecule has 3 saturated carbocycles. The Labute approximate surface area is 204 Å². The van der Waals surface area contributed by atoms with Crippen LogP contribution in [0.15, 0.2) is 23.8 Å². The second-order valence-corrected chi connectivity index (χ2v) is 11.7. The van der Waals surface area contributed by atoms with Crippen molar-refractivity contribution in [3.8, 4) is 0 Å². The number of esters is 1. The maximum Gasteiger partial charge on any atom is 0.306 e. The summed E-state index contributed by atoms with van der Waals surface area (Å²) >= 11 is 3.33. The number of aliphatic hydroxyl groups is 2. The summed E-state index contributed by atoms with van der Waals surface area (Å²) in [6.45, 7) is 5.32. The molecule has 4 rings (SSSR count). The van der Waals surface area contributed by atoms with Gasteiger partial charge in [-0.3, -0.25) is 14.4 Å². The zero-order chi connectivity index (χ0) is 24.2. The van der Waals surface area contributed by atoms with Crippen LogP contribution in [0.25, 0.3) is 0 Å². The van der Waals surface area contributed by atoms with Crippen LogP contribution in [0.3, 0.4) is 0 Å². The molecule has 0 amide bonds. The number of halogens is 1.